The van der Waals surface area contributed by atoms with Crippen LogP contribution in [0.15, 0.2) is 28.6 Å². The zero-order valence-corrected chi connectivity index (χ0v) is 19.9. The molecule has 0 unspecified atom stereocenters. The maximum absolute atomic E-state index is 12.0. The summed E-state index contributed by atoms with van der Waals surface area (Å²) in [4.78, 5) is 25.5. The Labute approximate surface area is 187 Å². The maximum Gasteiger partial charge on any atom is 0.227 e. The smallest absolute Gasteiger partial charge is 0.227 e. The van der Waals surface area contributed by atoms with Crippen LogP contribution in [-0.2, 0) is 11.3 Å². The molecule has 9 heteroatoms. The van der Waals surface area contributed by atoms with Gasteiger partial charge in [-0.2, -0.15) is 0 Å². The number of hydrogen-bond acceptors (Lipinski definition) is 5. The normalized spacial score (nSPS) is 11.1. The van der Waals surface area contributed by atoms with Crippen LogP contribution < -0.4 is 16.0 Å². The van der Waals surface area contributed by atoms with E-state index in [1.165, 1.54) is 0 Å². The molecule has 0 aromatic carbocycles. The molecule has 1 amide bonds. The lowest BCUT2D eigenvalue weighted by atomic mass is 10.2. The zero-order valence-electron chi connectivity index (χ0n) is 16.8. The van der Waals surface area contributed by atoms with Crippen molar-refractivity contribution in [3.8, 4) is 0 Å². The number of aryl methyl sites for hydroxylation is 1. The van der Waals surface area contributed by atoms with E-state index in [4.69, 9.17) is 0 Å². The van der Waals surface area contributed by atoms with E-state index in [2.05, 4.69) is 50.1 Å². The van der Waals surface area contributed by atoms with Crippen LogP contribution >= 0.6 is 35.3 Å². The summed E-state index contributed by atoms with van der Waals surface area (Å²) in [7, 11) is 0. The Kier molecular flexibility index (Phi) is 11.0. The van der Waals surface area contributed by atoms with Gasteiger partial charge in [0, 0.05) is 30.6 Å². The Hall–Kier alpha value is -1.75. The van der Waals surface area contributed by atoms with Gasteiger partial charge in [-0.3, -0.25) is 4.79 Å². The monoisotopic (exact) mass is 516 g/mol. The fraction of sp³-hybridized carbons (Fsp3) is 0.474. The Morgan fingerprint density at radius 3 is 2.68 bits per heavy atom. The Balaban J connectivity index is 0.00000392. The van der Waals surface area contributed by atoms with Crippen molar-refractivity contribution in [3.05, 3.63) is 40.0 Å². The molecular weight excluding hydrogens is 487 g/mol. The highest BCUT2D eigenvalue weighted by Gasteiger charge is 2.07. The molecular formula is C19H29IN6OS. The number of nitrogens with one attached hydrogen (secondary N) is 3. The van der Waals surface area contributed by atoms with E-state index in [1.54, 1.807) is 17.4 Å². The van der Waals surface area contributed by atoms with E-state index in [-0.39, 0.29) is 29.9 Å². The summed E-state index contributed by atoms with van der Waals surface area (Å²) in [5, 5.41) is 12.2. The average molecular weight is 516 g/mol. The van der Waals surface area contributed by atoms with E-state index in [0.717, 1.165) is 22.9 Å². The van der Waals surface area contributed by atoms with Gasteiger partial charge < -0.3 is 16.0 Å². The molecule has 2 aromatic rings. The Bertz CT molecular complexity index is 777. The van der Waals surface area contributed by atoms with Crippen LogP contribution in [0.5, 0.6) is 0 Å². The lowest BCUT2D eigenvalue weighted by Crippen LogP contribution is -2.38. The number of pyridine rings is 1. The third-order valence-electron chi connectivity index (χ3n) is 3.68. The van der Waals surface area contributed by atoms with Gasteiger partial charge in [0.15, 0.2) is 5.96 Å². The molecule has 0 atom stereocenters. The first-order chi connectivity index (χ1) is 13.0. The third kappa shape index (κ3) is 8.51. The zero-order chi connectivity index (χ0) is 19.6. The number of carbonyl (C=O) groups excluding carboxylic acids is 1. The van der Waals surface area contributed by atoms with E-state index < -0.39 is 0 Å². The summed E-state index contributed by atoms with van der Waals surface area (Å²) in [6, 6.07) is 5.54. The van der Waals surface area contributed by atoms with Crippen molar-refractivity contribution in [1.29, 1.82) is 0 Å². The molecule has 0 aliphatic rings. The number of halogens is 1. The van der Waals surface area contributed by atoms with Crippen molar-refractivity contribution in [1.82, 2.24) is 20.6 Å². The number of nitrogens with zero attached hydrogens (tertiary/aromatic N) is 3. The number of aliphatic imine (C=N–C) groups is 1. The summed E-state index contributed by atoms with van der Waals surface area (Å²) in [5.41, 5.74) is 1.97. The van der Waals surface area contributed by atoms with Crippen LogP contribution in [0.2, 0.25) is 0 Å². The number of guanidine groups is 1. The summed E-state index contributed by atoms with van der Waals surface area (Å²) in [6.07, 6.45) is 0.328. The molecule has 0 saturated heterocycles. The molecule has 2 heterocycles. The van der Waals surface area contributed by atoms with Gasteiger partial charge >= 0.3 is 0 Å². The summed E-state index contributed by atoms with van der Waals surface area (Å²) in [6.45, 7) is 9.91. The van der Waals surface area contributed by atoms with E-state index in [9.17, 15) is 4.79 Å². The number of rotatable bonds is 8. The van der Waals surface area contributed by atoms with Crippen LogP contribution in [0, 0.1) is 6.92 Å². The lowest BCUT2D eigenvalue weighted by molar-refractivity contribution is -0.116. The highest BCUT2D eigenvalue weighted by molar-refractivity contribution is 14.0. The van der Waals surface area contributed by atoms with Crippen LogP contribution in [0.3, 0.4) is 0 Å². The Morgan fingerprint density at radius 1 is 1.25 bits per heavy atom. The van der Waals surface area contributed by atoms with Gasteiger partial charge in [0.1, 0.15) is 10.8 Å². The summed E-state index contributed by atoms with van der Waals surface area (Å²) in [5.74, 6) is 1.59. The van der Waals surface area contributed by atoms with Crippen molar-refractivity contribution < 1.29 is 4.79 Å². The van der Waals surface area contributed by atoms with Crippen molar-refractivity contribution in [2.75, 3.05) is 18.4 Å². The van der Waals surface area contributed by atoms with Gasteiger partial charge in [-0.25, -0.2) is 15.0 Å². The first kappa shape index (κ1) is 24.3. The largest absolute Gasteiger partial charge is 0.357 e. The minimum atomic E-state index is -0.0852. The fourth-order valence-corrected chi connectivity index (χ4v) is 3.14. The number of carbonyl (C=O) groups is 1. The van der Waals surface area contributed by atoms with Crippen LogP contribution in [0.4, 0.5) is 5.82 Å². The lowest BCUT2D eigenvalue weighted by Gasteiger charge is -2.11. The molecule has 0 radical (unpaired) electrons. The molecule has 0 spiro atoms. The molecule has 0 aliphatic carbocycles. The second kappa shape index (κ2) is 12.7. The highest BCUT2D eigenvalue weighted by Crippen LogP contribution is 2.18. The molecule has 3 N–H and O–H groups in total. The molecule has 7 nitrogen and oxygen atoms in total. The topological polar surface area (TPSA) is 91.3 Å². The number of anilines is 1. The molecule has 0 saturated carbocycles. The van der Waals surface area contributed by atoms with E-state index in [0.29, 0.717) is 37.2 Å². The van der Waals surface area contributed by atoms with E-state index >= 15 is 0 Å². The van der Waals surface area contributed by atoms with Gasteiger partial charge in [0.05, 0.1) is 12.2 Å². The summed E-state index contributed by atoms with van der Waals surface area (Å²) < 4.78 is 0. The van der Waals surface area contributed by atoms with Crippen LogP contribution in [0.1, 0.15) is 49.5 Å². The maximum atomic E-state index is 12.0. The number of aromatic nitrogens is 2. The first-order valence-electron chi connectivity index (χ1n) is 9.18. The summed E-state index contributed by atoms with van der Waals surface area (Å²) >= 11 is 1.62. The molecule has 2 rings (SSSR count). The third-order valence-corrected chi connectivity index (χ3v) is 4.53. The van der Waals surface area contributed by atoms with Gasteiger partial charge in [-0.1, -0.05) is 19.9 Å². The first-order valence-corrected chi connectivity index (χ1v) is 10.1. The highest BCUT2D eigenvalue weighted by atomic mass is 127. The predicted molar refractivity (Wildman–Crippen MR) is 127 cm³/mol. The second-order valence-electron chi connectivity index (χ2n) is 6.41. The number of hydrogen-bond donors (Lipinski definition) is 3. The molecule has 28 heavy (non-hydrogen) atoms. The van der Waals surface area contributed by atoms with E-state index in [1.807, 2.05) is 26.0 Å². The SMILES string of the molecule is CCNC(=NCc1nc(C(C)C)cs1)NCCC(=O)Nc1cccc(C)n1.I. The van der Waals surface area contributed by atoms with Crippen LogP contribution in [0.25, 0.3) is 0 Å². The minimum Gasteiger partial charge on any atom is -0.357 e. The van der Waals surface area contributed by atoms with Gasteiger partial charge in [0.25, 0.3) is 0 Å². The number of thiazole rings is 1. The molecule has 154 valence electrons. The standard InChI is InChI=1S/C19H28N6OS.HI/c1-5-20-19(22-11-18-24-15(12-27-18)13(2)3)21-10-9-17(26)25-16-8-6-7-14(4)23-16;/h6-8,12-13H,5,9-11H2,1-4H3,(H2,20,21,22)(H,23,25,26);1H. The second-order valence-corrected chi connectivity index (χ2v) is 7.35. The molecule has 0 fully saturated rings. The van der Waals surface area contributed by atoms with Crippen molar-refractivity contribution in [3.63, 3.8) is 0 Å². The van der Waals surface area contributed by atoms with Crippen molar-refractivity contribution in [2.45, 2.75) is 46.6 Å². The van der Waals surface area contributed by atoms with Crippen LogP contribution in [-0.4, -0.2) is 34.9 Å². The van der Waals surface area contributed by atoms with Crippen molar-refractivity contribution >= 4 is 53.0 Å². The molecule has 0 aliphatic heterocycles. The number of amides is 1. The van der Waals surface area contributed by atoms with Gasteiger partial charge in [0.2, 0.25) is 5.91 Å². The van der Waals surface area contributed by atoms with Gasteiger partial charge in [-0.05, 0) is 31.9 Å². The Morgan fingerprint density at radius 2 is 2.04 bits per heavy atom. The molecule has 0 bridgehead atoms. The van der Waals surface area contributed by atoms with Gasteiger partial charge in [-0.15, -0.1) is 35.3 Å². The minimum absolute atomic E-state index is 0. The molecule has 2 aromatic heterocycles. The quantitative estimate of drug-likeness (QED) is 0.283. The fourth-order valence-electron chi connectivity index (χ4n) is 2.26. The van der Waals surface area contributed by atoms with Crippen molar-refractivity contribution in [2.24, 2.45) is 4.99 Å². The average Bonchev–Trinajstić information content (AvgIpc) is 3.09. The predicted octanol–water partition coefficient (Wildman–Crippen LogP) is 3.67.